The van der Waals surface area contributed by atoms with E-state index in [1.165, 1.54) is 4.90 Å². The fraction of sp³-hybridized carbons (Fsp3) is 0.933. The standard InChI is InChI=1S/C15H26F3N3O.2ClH/c1-2-20(11-15(16,17)18)9-12-5-7-21(10-12)14(22)8-13-4-3-6-19-13;;/h12-13,19H,2-11H2,1H3;2*1H. The van der Waals surface area contributed by atoms with Crippen molar-refractivity contribution in [3.05, 3.63) is 0 Å². The molecule has 2 unspecified atom stereocenters. The number of hydrogen-bond acceptors (Lipinski definition) is 3. The van der Waals surface area contributed by atoms with Crippen molar-refractivity contribution >= 4 is 30.7 Å². The molecule has 2 aliphatic heterocycles. The van der Waals surface area contributed by atoms with E-state index in [-0.39, 0.29) is 42.7 Å². The Morgan fingerprint density at radius 1 is 1.29 bits per heavy atom. The molecule has 1 N–H and O–H groups in total. The first-order valence-corrected chi connectivity index (χ1v) is 8.17. The molecule has 2 atom stereocenters. The molecule has 0 bridgehead atoms. The molecule has 0 aliphatic carbocycles. The molecule has 9 heteroatoms. The Balaban J connectivity index is 0.00000264. The molecule has 0 saturated carbocycles. The summed E-state index contributed by atoms with van der Waals surface area (Å²) in [5, 5.41) is 3.31. The summed E-state index contributed by atoms with van der Waals surface area (Å²) in [6, 6.07) is 0.281. The van der Waals surface area contributed by atoms with E-state index in [4.69, 9.17) is 0 Å². The molecule has 2 fully saturated rings. The van der Waals surface area contributed by atoms with Gasteiger partial charge in [0.1, 0.15) is 0 Å². The van der Waals surface area contributed by atoms with Crippen molar-refractivity contribution in [1.82, 2.24) is 15.1 Å². The maximum Gasteiger partial charge on any atom is 0.401 e. The summed E-state index contributed by atoms with van der Waals surface area (Å²) >= 11 is 0. The van der Waals surface area contributed by atoms with Crippen molar-refractivity contribution in [2.75, 3.05) is 39.3 Å². The summed E-state index contributed by atoms with van der Waals surface area (Å²) in [4.78, 5) is 15.5. The molecule has 24 heavy (non-hydrogen) atoms. The molecular weight excluding hydrogens is 366 g/mol. The van der Waals surface area contributed by atoms with Gasteiger partial charge in [0.15, 0.2) is 0 Å². The number of halogens is 5. The molecule has 2 rings (SSSR count). The summed E-state index contributed by atoms with van der Waals surface area (Å²) in [5.41, 5.74) is 0. The molecule has 0 radical (unpaired) electrons. The van der Waals surface area contributed by atoms with Crippen molar-refractivity contribution in [2.45, 2.75) is 44.8 Å². The summed E-state index contributed by atoms with van der Waals surface area (Å²) in [6.45, 7) is 3.94. The molecule has 0 aromatic heterocycles. The highest BCUT2D eigenvalue weighted by atomic mass is 35.5. The number of nitrogens with zero attached hydrogens (tertiary/aromatic N) is 2. The third-order valence-electron chi connectivity index (χ3n) is 4.59. The third kappa shape index (κ3) is 7.76. The van der Waals surface area contributed by atoms with Crippen LogP contribution in [0.25, 0.3) is 0 Å². The number of hydrogen-bond donors (Lipinski definition) is 1. The van der Waals surface area contributed by atoms with E-state index in [9.17, 15) is 18.0 Å². The summed E-state index contributed by atoms with van der Waals surface area (Å²) in [6.07, 6.45) is -0.676. The summed E-state index contributed by atoms with van der Waals surface area (Å²) < 4.78 is 37.5. The fourth-order valence-corrected chi connectivity index (χ4v) is 3.40. The number of amides is 1. The van der Waals surface area contributed by atoms with Crippen LogP contribution in [0.3, 0.4) is 0 Å². The number of alkyl halides is 3. The maximum atomic E-state index is 12.5. The SMILES string of the molecule is CCN(CC1CCN(C(=O)CC2CCCN2)C1)CC(F)(F)F.Cl.Cl. The zero-order valence-corrected chi connectivity index (χ0v) is 15.6. The van der Waals surface area contributed by atoms with E-state index < -0.39 is 12.7 Å². The van der Waals surface area contributed by atoms with Crippen LogP contribution in [0.1, 0.15) is 32.6 Å². The molecule has 0 aromatic rings. The van der Waals surface area contributed by atoms with Crippen LogP contribution in [0.2, 0.25) is 0 Å². The zero-order valence-electron chi connectivity index (χ0n) is 14.0. The highest BCUT2D eigenvalue weighted by molar-refractivity contribution is 5.85. The highest BCUT2D eigenvalue weighted by Gasteiger charge is 2.33. The first-order valence-electron chi connectivity index (χ1n) is 8.17. The molecule has 0 aromatic carbocycles. The van der Waals surface area contributed by atoms with Crippen LogP contribution in [-0.4, -0.2) is 67.2 Å². The van der Waals surface area contributed by atoms with Gasteiger partial charge >= 0.3 is 6.18 Å². The van der Waals surface area contributed by atoms with Gasteiger partial charge in [-0.2, -0.15) is 13.2 Å². The minimum atomic E-state index is -4.15. The zero-order chi connectivity index (χ0) is 16.2. The maximum absolute atomic E-state index is 12.5. The number of rotatable bonds is 6. The average Bonchev–Trinajstić information content (AvgIpc) is 3.07. The van der Waals surface area contributed by atoms with E-state index in [0.29, 0.717) is 32.6 Å². The Bertz CT molecular complexity index is 379. The van der Waals surface area contributed by atoms with Crippen molar-refractivity contribution < 1.29 is 18.0 Å². The summed E-state index contributed by atoms with van der Waals surface area (Å²) in [7, 11) is 0. The van der Waals surface area contributed by atoms with Crippen LogP contribution in [-0.2, 0) is 4.79 Å². The molecule has 2 heterocycles. The largest absolute Gasteiger partial charge is 0.401 e. The van der Waals surface area contributed by atoms with Gasteiger partial charge in [0, 0.05) is 32.1 Å². The van der Waals surface area contributed by atoms with Crippen LogP contribution >= 0.6 is 24.8 Å². The Labute approximate surface area is 154 Å². The third-order valence-corrected chi connectivity index (χ3v) is 4.59. The Morgan fingerprint density at radius 2 is 2.00 bits per heavy atom. The number of likely N-dealkylation sites (tertiary alicyclic amines) is 1. The minimum Gasteiger partial charge on any atom is -0.342 e. The van der Waals surface area contributed by atoms with Crippen LogP contribution in [0.4, 0.5) is 13.2 Å². The van der Waals surface area contributed by atoms with Crippen molar-refractivity contribution in [3.63, 3.8) is 0 Å². The molecule has 2 aliphatic rings. The van der Waals surface area contributed by atoms with E-state index >= 15 is 0 Å². The first kappa shape index (κ1) is 23.8. The van der Waals surface area contributed by atoms with Crippen molar-refractivity contribution in [3.8, 4) is 0 Å². The normalized spacial score (nSPS) is 24.0. The smallest absolute Gasteiger partial charge is 0.342 e. The van der Waals surface area contributed by atoms with Gasteiger partial charge in [0.25, 0.3) is 0 Å². The van der Waals surface area contributed by atoms with Crippen molar-refractivity contribution in [1.29, 1.82) is 0 Å². The van der Waals surface area contributed by atoms with Gasteiger partial charge in [-0.25, -0.2) is 0 Å². The highest BCUT2D eigenvalue weighted by Crippen LogP contribution is 2.22. The number of carbonyl (C=O) groups is 1. The lowest BCUT2D eigenvalue weighted by Crippen LogP contribution is -2.39. The molecule has 2 saturated heterocycles. The van der Waals surface area contributed by atoms with Gasteiger partial charge in [-0.05, 0) is 38.3 Å². The summed E-state index contributed by atoms with van der Waals surface area (Å²) in [5.74, 6) is 0.295. The predicted molar refractivity (Wildman–Crippen MR) is 93.0 cm³/mol. The second-order valence-corrected chi connectivity index (χ2v) is 6.43. The predicted octanol–water partition coefficient (Wildman–Crippen LogP) is 2.70. The van der Waals surface area contributed by atoms with Crippen LogP contribution in [0.5, 0.6) is 0 Å². The van der Waals surface area contributed by atoms with E-state index in [1.54, 1.807) is 6.92 Å². The lowest BCUT2D eigenvalue weighted by Gasteiger charge is -2.25. The lowest BCUT2D eigenvalue weighted by molar-refractivity contribution is -0.146. The van der Waals surface area contributed by atoms with Crippen LogP contribution in [0, 0.1) is 5.92 Å². The van der Waals surface area contributed by atoms with Gasteiger partial charge in [-0.15, -0.1) is 24.8 Å². The molecule has 144 valence electrons. The Morgan fingerprint density at radius 3 is 2.54 bits per heavy atom. The van der Waals surface area contributed by atoms with E-state index in [0.717, 1.165) is 25.8 Å². The number of nitrogens with one attached hydrogen (secondary N) is 1. The molecular formula is C15H28Cl2F3N3O. The second kappa shape index (κ2) is 10.7. The van der Waals surface area contributed by atoms with Crippen LogP contribution < -0.4 is 5.32 Å². The Kier molecular flexibility index (Phi) is 10.6. The average molecular weight is 394 g/mol. The van der Waals surface area contributed by atoms with Gasteiger partial charge in [-0.3, -0.25) is 9.69 Å². The van der Waals surface area contributed by atoms with Crippen LogP contribution in [0.15, 0.2) is 0 Å². The quantitative estimate of drug-likeness (QED) is 0.753. The lowest BCUT2D eigenvalue weighted by atomic mass is 10.1. The van der Waals surface area contributed by atoms with E-state index in [1.807, 2.05) is 4.90 Å². The van der Waals surface area contributed by atoms with Crippen molar-refractivity contribution in [2.24, 2.45) is 5.92 Å². The first-order chi connectivity index (χ1) is 10.4. The Hall–Kier alpha value is -0.240. The minimum absolute atomic E-state index is 0. The monoisotopic (exact) mass is 393 g/mol. The van der Waals surface area contributed by atoms with E-state index in [2.05, 4.69) is 5.32 Å². The van der Waals surface area contributed by atoms with Gasteiger partial charge in [0.2, 0.25) is 5.91 Å². The number of carbonyl (C=O) groups excluding carboxylic acids is 1. The molecule has 1 amide bonds. The topological polar surface area (TPSA) is 35.6 Å². The fourth-order valence-electron chi connectivity index (χ4n) is 3.40. The molecule has 0 spiro atoms. The van der Waals surface area contributed by atoms with Gasteiger partial charge < -0.3 is 10.2 Å². The molecule has 4 nitrogen and oxygen atoms in total. The van der Waals surface area contributed by atoms with Gasteiger partial charge in [0.05, 0.1) is 6.54 Å². The second-order valence-electron chi connectivity index (χ2n) is 6.43. The van der Waals surface area contributed by atoms with Gasteiger partial charge in [-0.1, -0.05) is 6.92 Å².